The van der Waals surface area contributed by atoms with E-state index in [1.165, 1.54) is 17.7 Å². The third-order valence-electron chi connectivity index (χ3n) is 4.64. The molecular formula is C17H26N2O2. The molecule has 0 bridgehead atoms. The molecule has 0 saturated carbocycles. The number of hydrogen-bond donors (Lipinski definition) is 1. The first kappa shape index (κ1) is 14.8. The predicted octanol–water partition coefficient (Wildman–Crippen LogP) is 1.69. The van der Waals surface area contributed by atoms with E-state index >= 15 is 0 Å². The summed E-state index contributed by atoms with van der Waals surface area (Å²) in [6.45, 7) is 8.25. The first-order valence-corrected chi connectivity index (χ1v) is 8.06. The van der Waals surface area contributed by atoms with E-state index in [9.17, 15) is 5.11 Å². The fourth-order valence-electron chi connectivity index (χ4n) is 3.40. The van der Waals surface area contributed by atoms with Crippen molar-refractivity contribution in [1.82, 2.24) is 4.90 Å². The molecule has 3 rings (SSSR count). The number of nitrogens with zero attached hydrogens (tertiary/aromatic N) is 2. The van der Waals surface area contributed by atoms with Crippen molar-refractivity contribution < 1.29 is 9.84 Å². The minimum absolute atomic E-state index is 0.301. The van der Waals surface area contributed by atoms with Crippen molar-refractivity contribution >= 4 is 5.69 Å². The van der Waals surface area contributed by atoms with Crippen molar-refractivity contribution in [2.45, 2.75) is 25.4 Å². The Balaban J connectivity index is 1.61. The van der Waals surface area contributed by atoms with Crippen LogP contribution in [0.15, 0.2) is 24.3 Å². The second-order valence-corrected chi connectivity index (χ2v) is 6.26. The minimum Gasteiger partial charge on any atom is -0.390 e. The van der Waals surface area contributed by atoms with Gasteiger partial charge in [-0.3, -0.25) is 4.90 Å². The van der Waals surface area contributed by atoms with Crippen molar-refractivity contribution in [3.63, 3.8) is 0 Å². The number of benzene rings is 1. The van der Waals surface area contributed by atoms with Crippen LogP contribution in [0.1, 0.15) is 24.8 Å². The SMILES string of the molecule is C[C@@H]1CCN(C[C@H](O)CN2CCOCC2)c2ccccc21. The average molecular weight is 290 g/mol. The highest BCUT2D eigenvalue weighted by atomic mass is 16.5. The van der Waals surface area contributed by atoms with Gasteiger partial charge in [0.25, 0.3) is 0 Å². The number of morpholine rings is 1. The Hall–Kier alpha value is -1.10. The molecule has 21 heavy (non-hydrogen) atoms. The predicted molar refractivity (Wildman–Crippen MR) is 85.0 cm³/mol. The van der Waals surface area contributed by atoms with E-state index in [1.54, 1.807) is 0 Å². The van der Waals surface area contributed by atoms with Gasteiger partial charge in [0.15, 0.2) is 0 Å². The molecular weight excluding hydrogens is 264 g/mol. The Morgan fingerprint density at radius 3 is 2.76 bits per heavy atom. The molecule has 2 atom stereocenters. The molecule has 0 radical (unpaired) electrons. The molecule has 2 aliphatic heterocycles. The molecule has 2 heterocycles. The smallest absolute Gasteiger partial charge is 0.0841 e. The number of para-hydroxylation sites is 1. The van der Waals surface area contributed by atoms with Crippen LogP contribution in [0.5, 0.6) is 0 Å². The van der Waals surface area contributed by atoms with E-state index in [0.29, 0.717) is 5.92 Å². The van der Waals surface area contributed by atoms with Crippen LogP contribution >= 0.6 is 0 Å². The summed E-state index contributed by atoms with van der Waals surface area (Å²) in [5, 5.41) is 10.4. The molecule has 0 unspecified atom stereocenters. The molecule has 0 spiro atoms. The normalized spacial score (nSPS) is 24.7. The molecule has 1 saturated heterocycles. The average Bonchev–Trinajstić information content (AvgIpc) is 2.51. The van der Waals surface area contributed by atoms with Gasteiger partial charge in [0.05, 0.1) is 19.3 Å². The second-order valence-electron chi connectivity index (χ2n) is 6.26. The first-order chi connectivity index (χ1) is 10.2. The maximum absolute atomic E-state index is 10.4. The summed E-state index contributed by atoms with van der Waals surface area (Å²) in [6.07, 6.45) is 0.867. The van der Waals surface area contributed by atoms with E-state index in [0.717, 1.165) is 45.9 Å². The lowest BCUT2D eigenvalue weighted by Crippen LogP contribution is -2.45. The molecule has 1 aromatic rings. The van der Waals surface area contributed by atoms with Crippen LogP contribution in [0, 0.1) is 0 Å². The van der Waals surface area contributed by atoms with Gasteiger partial charge in [-0.1, -0.05) is 25.1 Å². The second kappa shape index (κ2) is 6.77. The van der Waals surface area contributed by atoms with Crippen molar-refractivity contribution in [2.75, 3.05) is 50.8 Å². The zero-order valence-corrected chi connectivity index (χ0v) is 12.9. The van der Waals surface area contributed by atoms with Crippen LogP contribution in [0.2, 0.25) is 0 Å². The van der Waals surface area contributed by atoms with Crippen LogP contribution in [-0.2, 0) is 4.74 Å². The zero-order valence-electron chi connectivity index (χ0n) is 12.9. The number of rotatable bonds is 4. The summed E-state index contributed by atoms with van der Waals surface area (Å²) < 4.78 is 5.36. The van der Waals surface area contributed by atoms with E-state index in [4.69, 9.17) is 4.74 Å². The lowest BCUT2D eigenvalue weighted by atomic mass is 9.91. The van der Waals surface area contributed by atoms with E-state index in [2.05, 4.69) is 41.0 Å². The van der Waals surface area contributed by atoms with Gasteiger partial charge >= 0.3 is 0 Å². The Morgan fingerprint density at radius 1 is 1.19 bits per heavy atom. The fraction of sp³-hybridized carbons (Fsp3) is 0.647. The molecule has 2 aliphatic rings. The number of aliphatic hydroxyl groups excluding tert-OH is 1. The molecule has 0 aromatic heterocycles. The highest BCUT2D eigenvalue weighted by Crippen LogP contribution is 2.34. The van der Waals surface area contributed by atoms with Gasteiger partial charge in [-0.2, -0.15) is 0 Å². The Kier molecular flexibility index (Phi) is 4.78. The largest absolute Gasteiger partial charge is 0.390 e. The van der Waals surface area contributed by atoms with Crippen molar-refractivity contribution in [2.24, 2.45) is 0 Å². The summed E-state index contributed by atoms with van der Waals surface area (Å²) in [4.78, 5) is 4.65. The number of β-amino-alcohol motifs (C(OH)–C–C–N with tert-alkyl or cyclic N) is 1. The van der Waals surface area contributed by atoms with E-state index in [-0.39, 0.29) is 6.10 Å². The van der Waals surface area contributed by atoms with Gasteiger partial charge in [-0.25, -0.2) is 0 Å². The van der Waals surface area contributed by atoms with Crippen LogP contribution in [-0.4, -0.2) is 62.0 Å². The standard InChI is InChI=1S/C17H26N2O2/c1-14-6-7-19(17-5-3-2-4-16(14)17)13-15(20)12-18-8-10-21-11-9-18/h2-5,14-15,20H,6-13H2,1H3/t14-,15-/m1/s1. The summed E-state index contributed by atoms with van der Waals surface area (Å²) in [7, 11) is 0. The summed E-state index contributed by atoms with van der Waals surface area (Å²) in [5.41, 5.74) is 2.72. The molecule has 1 N–H and O–H groups in total. The van der Waals surface area contributed by atoms with Crippen LogP contribution in [0.3, 0.4) is 0 Å². The molecule has 1 aromatic carbocycles. The molecule has 116 valence electrons. The number of anilines is 1. The number of ether oxygens (including phenoxy) is 1. The quantitative estimate of drug-likeness (QED) is 0.915. The fourth-order valence-corrected chi connectivity index (χ4v) is 3.40. The number of fused-ring (bicyclic) bond motifs is 1. The van der Waals surface area contributed by atoms with E-state index < -0.39 is 0 Å². The highest BCUT2D eigenvalue weighted by molar-refractivity contribution is 5.57. The Bertz CT molecular complexity index is 460. The monoisotopic (exact) mass is 290 g/mol. The first-order valence-electron chi connectivity index (χ1n) is 8.06. The lowest BCUT2D eigenvalue weighted by Gasteiger charge is -2.37. The minimum atomic E-state index is -0.301. The van der Waals surface area contributed by atoms with Gasteiger partial charge in [0, 0.05) is 38.4 Å². The molecule has 0 amide bonds. The third-order valence-corrected chi connectivity index (χ3v) is 4.64. The summed E-state index contributed by atoms with van der Waals surface area (Å²) in [6, 6.07) is 8.62. The lowest BCUT2D eigenvalue weighted by molar-refractivity contribution is 0.0160. The maximum Gasteiger partial charge on any atom is 0.0841 e. The van der Waals surface area contributed by atoms with Crippen LogP contribution in [0.25, 0.3) is 0 Å². The van der Waals surface area contributed by atoms with Gasteiger partial charge in [-0.05, 0) is 24.0 Å². The van der Waals surface area contributed by atoms with Crippen molar-refractivity contribution in [1.29, 1.82) is 0 Å². The molecule has 4 heteroatoms. The topological polar surface area (TPSA) is 35.9 Å². The summed E-state index contributed by atoms with van der Waals surface area (Å²) >= 11 is 0. The maximum atomic E-state index is 10.4. The molecule has 0 aliphatic carbocycles. The zero-order chi connectivity index (χ0) is 14.7. The van der Waals surface area contributed by atoms with Crippen molar-refractivity contribution in [3.05, 3.63) is 29.8 Å². The Morgan fingerprint density at radius 2 is 1.95 bits per heavy atom. The van der Waals surface area contributed by atoms with E-state index in [1.807, 2.05) is 0 Å². The van der Waals surface area contributed by atoms with Gasteiger partial charge in [0.1, 0.15) is 0 Å². The van der Waals surface area contributed by atoms with Crippen LogP contribution in [0.4, 0.5) is 5.69 Å². The number of hydrogen-bond acceptors (Lipinski definition) is 4. The van der Waals surface area contributed by atoms with Gasteiger partial charge < -0.3 is 14.7 Å². The Labute approximate surface area is 127 Å². The van der Waals surface area contributed by atoms with Crippen molar-refractivity contribution in [3.8, 4) is 0 Å². The van der Waals surface area contributed by atoms with Crippen LogP contribution < -0.4 is 4.90 Å². The number of aliphatic hydroxyl groups is 1. The highest BCUT2D eigenvalue weighted by Gasteiger charge is 2.24. The van der Waals surface area contributed by atoms with Gasteiger partial charge in [-0.15, -0.1) is 0 Å². The molecule has 4 nitrogen and oxygen atoms in total. The summed E-state index contributed by atoms with van der Waals surface area (Å²) in [5.74, 6) is 0.619. The van der Waals surface area contributed by atoms with Gasteiger partial charge in [0.2, 0.25) is 0 Å². The third kappa shape index (κ3) is 3.57. The molecule has 1 fully saturated rings.